The zero-order chi connectivity index (χ0) is 9.30. The highest BCUT2D eigenvalue weighted by atomic mass is 16.2. The van der Waals surface area contributed by atoms with Crippen molar-refractivity contribution in [3.8, 4) is 0 Å². The highest BCUT2D eigenvalue weighted by Crippen LogP contribution is 2.17. The van der Waals surface area contributed by atoms with Crippen LogP contribution >= 0.6 is 0 Å². The lowest BCUT2D eigenvalue weighted by Crippen LogP contribution is -2.41. The van der Waals surface area contributed by atoms with Crippen LogP contribution in [-0.4, -0.2) is 48.8 Å². The Labute approximate surface area is 72.1 Å². The van der Waals surface area contributed by atoms with Crippen LogP contribution in [0.1, 0.15) is 12.8 Å². The SMILES string of the molecule is CN(C)C(=O)C1CCC(=O)N1C. The molecule has 4 heteroatoms. The normalized spacial score (nSPS) is 23.1. The summed E-state index contributed by atoms with van der Waals surface area (Å²) in [5.41, 5.74) is 0. The fourth-order valence-corrected chi connectivity index (χ4v) is 1.39. The Kier molecular flexibility index (Phi) is 2.35. The van der Waals surface area contributed by atoms with E-state index in [1.54, 1.807) is 21.1 Å². The van der Waals surface area contributed by atoms with Gasteiger partial charge in [0, 0.05) is 27.6 Å². The maximum Gasteiger partial charge on any atom is 0.244 e. The number of rotatable bonds is 1. The molecular weight excluding hydrogens is 156 g/mol. The molecule has 1 rings (SSSR count). The predicted octanol–water partition coefficient (Wildman–Crippen LogP) is -0.305. The molecule has 0 bridgehead atoms. The molecule has 0 aliphatic carbocycles. The molecule has 0 spiro atoms. The molecule has 0 radical (unpaired) electrons. The van der Waals surface area contributed by atoms with Gasteiger partial charge in [-0.25, -0.2) is 0 Å². The van der Waals surface area contributed by atoms with E-state index in [9.17, 15) is 9.59 Å². The standard InChI is InChI=1S/C8H14N2O2/c1-9(2)8(12)6-4-5-7(11)10(6)3/h6H,4-5H2,1-3H3. The van der Waals surface area contributed by atoms with Crippen molar-refractivity contribution in [2.45, 2.75) is 18.9 Å². The Morgan fingerprint density at radius 1 is 1.58 bits per heavy atom. The molecule has 0 aromatic rings. The first kappa shape index (κ1) is 9.03. The van der Waals surface area contributed by atoms with Crippen LogP contribution in [0.15, 0.2) is 0 Å². The molecule has 0 aromatic heterocycles. The first-order valence-corrected chi connectivity index (χ1v) is 4.01. The molecule has 0 saturated carbocycles. The molecule has 1 aliphatic heterocycles. The lowest BCUT2D eigenvalue weighted by atomic mass is 10.2. The van der Waals surface area contributed by atoms with E-state index >= 15 is 0 Å². The summed E-state index contributed by atoms with van der Waals surface area (Å²) in [6.45, 7) is 0. The number of carbonyl (C=O) groups excluding carboxylic acids is 2. The number of likely N-dealkylation sites (N-methyl/N-ethyl adjacent to an activating group) is 2. The number of likely N-dealkylation sites (tertiary alicyclic amines) is 1. The van der Waals surface area contributed by atoms with Gasteiger partial charge in [0.25, 0.3) is 0 Å². The van der Waals surface area contributed by atoms with Gasteiger partial charge < -0.3 is 9.80 Å². The van der Waals surface area contributed by atoms with E-state index in [0.717, 1.165) is 0 Å². The van der Waals surface area contributed by atoms with Crippen LogP contribution < -0.4 is 0 Å². The van der Waals surface area contributed by atoms with E-state index < -0.39 is 0 Å². The molecule has 1 aliphatic rings. The Hall–Kier alpha value is -1.06. The smallest absolute Gasteiger partial charge is 0.244 e. The van der Waals surface area contributed by atoms with Crippen molar-refractivity contribution >= 4 is 11.8 Å². The second-order valence-electron chi connectivity index (χ2n) is 3.29. The van der Waals surface area contributed by atoms with Gasteiger partial charge in [0.05, 0.1) is 0 Å². The Morgan fingerprint density at radius 3 is 2.50 bits per heavy atom. The quantitative estimate of drug-likeness (QED) is 0.542. The van der Waals surface area contributed by atoms with Gasteiger partial charge in [-0.3, -0.25) is 9.59 Å². The minimum Gasteiger partial charge on any atom is -0.347 e. The summed E-state index contributed by atoms with van der Waals surface area (Å²) in [5.74, 6) is 0.0820. The van der Waals surface area contributed by atoms with Gasteiger partial charge in [-0.15, -0.1) is 0 Å². The molecule has 2 amide bonds. The number of carbonyl (C=O) groups is 2. The average molecular weight is 170 g/mol. The Morgan fingerprint density at radius 2 is 2.17 bits per heavy atom. The summed E-state index contributed by atoms with van der Waals surface area (Å²) in [4.78, 5) is 25.6. The molecule has 12 heavy (non-hydrogen) atoms. The van der Waals surface area contributed by atoms with Crippen LogP contribution in [0.5, 0.6) is 0 Å². The van der Waals surface area contributed by atoms with Crippen LogP contribution in [0.25, 0.3) is 0 Å². The van der Waals surface area contributed by atoms with Crippen molar-refractivity contribution in [1.82, 2.24) is 9.80 Å². The van der Waals surface area contributed by atoms with Crippen LogP contribution in [0.2, 0.25) is 0 Å². The third-order valence-electron chi connectivity index (χ3n) is 2.22. The van der Waals surface area contributed by atoms with Crippen molar-refractivity contribution in [2.75, 3.05) is 21.1 Å². The zero-order valence-electron chi connectivity index (χ0n) is 7.70. The monoisotopic (exact) mass is 170 g/mol. The second kappa shape index (κ2) is 3.13. The second-order valence-corrected chi connectivity index (χ2v) is 3.29. The van der Waals surface area contributed by atoms with Crippen molar-refractivity contribution in [2.24, 2.45) is 0 Å². The number of hydrogen-bond donors (Lipinski definition) is 0. The van der Waals surface area contributed by atoms with Crippen LogP contribution in [0.4, 0.5) is 0 Å². The van der Waals surface area contributed by atoms with Crippen molar-refractivity contribution in [3.63, 3.8) is 0 Å². The number of amides is 2. The summed E-state index contributed by atoms with van der Waals surface area (Å²) in [7, 11) is 5.10. The van der Waals surface area contributed by atoms with E-state index in [-0.39, 0.29) is 17.9 Å². The summed E-state index contributed by atoms with van der Waals surface area (Å²) in [6.07, 6.45) is 1.16. The lowest BCUT2D eigenvalue weighted by molar-refractivity contribution is -0.138. The molecule has 1 saturated heterocycles. The summed E-state index contributed by atoms with van der Waals surface area (Å²) < 4.78 is 0. The zero-order valence-corrected chi connectivity index (χ0v) is 7.70. The molecule has 0 N–H and O–H groups in total. The third kappa shape index (κ3) is 1.42. The topological polar surface area (TPSA) is 40.6 Å². The minimum atomic E-state index is -0.229. The van der Waals surface area contributed by atoms with E-state index in [1.165, 1.54) is 9.80 Å². The minimum absolute atomic E-state index is 0.0170. The van der Waals surface area contributed by atoms with E-state index in [1.807, 2.05) is 0 Å². The first-order chi connectivity index (χ1) is 5.54. The number of nitrogens with zero attached hydrogens (tertiary/aromatic N) is 2. The number of hydrogen-bond acceptors (Lipinski definition) is 2. The fraction of sp³-hybridized carbons (Fsp3) is 0.750. The Bertz CT molecular complexity index is 213. The first-order valence-electron chi connectivity index (χ1n) is 4.01. The summed E-state index contributed by atoms with van der Waals surface area (Å²) >= 11 is 0. The van der Waals surface area contributed by atoms with Crippen molar-refractivity contribution < 1.29 is 9.59 Å². The van der Waals surface area contributed by atoms with Gasteiger partial charge in [-0.05, 0) is 6.42 Å². The maximum absolute atomic E-state index is 11.4. The van der Waals surface area contributed by atoms with E-state index in [0.29, 0.717) is 12.8 Å². The van der Waals surface area contributed by atoms with Crippen molar-refractivity contribution in [3.05, 3.63) is 0 Å². The molecule has 1 unspecified atom stereocenters. The van der Waals surface area contributed by atoms with Gasteiger partial charge in [0.1, 0.15) is 6.04 Å². The molecule has 1 fully saturated rings. The predicted molar refractivity (Wildman–Crippen MR) is 44.5 cm³/mol. The fourth-order valence-electron chi connectivity index (χ4n) is 1.39. The van der Waals surface area contributed by atoms with Crippen molar-refractivity contribution in [1.29, 1.82) is 0 Å². The molecule has 68 valence electrons. The van der Waals surface area contributed by atoms with Crippen LogP contribution in [0, 0.1) is 0 Å². The van der Waals surface area contributed by atoms with Gasteiger partial charge in [-0.1, -0.05) is 0 Å². The van der Waals surface area contributed by atoms with E-state index in [2.05, 4.69) is 0 Å². The molecule has 0 aromatic carbocycles. The molecule has 1 atom stereocenters. The molecule has 4 nitrogen and oxygen atoms in total. The Balaban J connectivity index is 2.65. The average Bonchev–Trinajstić information content (AvgIpc) is 2.32. The summed E-state index contributed by atoms with van der Waals surface area (Å²) in [6, 6.07) is -0.229. The van der Waals surface area contributed by atoms with Gasteiger partial charge >= 0.3 is 0 Å². The van der Waals surface area contributed by atoms with Gasteiger partial charge in [0.2, 0.25) is 11.8 Å². The third-order valence-corrected chi connectivity index (χ3v) is 2.22. The van der Waals surface area contributed by atoms with E-state index in [4.69, 9.17) is 0 Å². The van der Waals surface area contributed by atoms with Crippen LogP contribution in [-0.2, 0) is 9.59 Å². The van der Waals surface area contributed by atoms with Gasteiger partial charge in [-0.2, -0.15) is 0 Å². The summed E-state index contributed by atoms with van der Waals surface area (Å²) in [5, 5.41) is 0. The van der Waals surface area contributed by atoms with Crippen LogP contribution in [0.3, 0.4) is 0 Å². The lowest BCUT2D eigenvalue weighted by Gasteiger charge is -2.22. The molecular formula is C8H14N2O2. The molecule has 1 heterocycles. The maximum atomic E-state index is 11.4. The van der Waals surface area contributed by atoms with Gasteiger partial charge in [0.15, 0.2) is 0 Å². The highest BCUT2D eigenvalue weighted by molar-refractivity contribution is 5.90. The largest absolute Gasteiger partial charge is 0.347 e. The highest BCUT2D eigenvalue weighted by Gasteiger charge is 2.33.